The van der Waals surface area contributed by atoms with Gasteiger partial charge in [-0.1, -0.05) is 30.3 Å². The molecule has 6 nitrogen and oxygen atoms in total. The Bertz CT molecular complexity index is 1360. The third kappa shape index (κ3) is 4.16. The molecule has 0 atom stereocenters. The van der Waals surface area contributed by atoms with Crippen molar-refractivity contribution in [3.05, 3.63) is 71.4 Å². The van der Waals surface area contributed by atoms with Crippen molar-refractivity contribution in [2.45, 2.75) is 29.8 Å². The van der Waals surface area contributed by atoms with Crippen LogP contribution in [0.3, 0.4) is 0 Å². The van der Waals surface area contributed by atoms with E-state index in [-0.39, 0.29) is 32.1 Å². The Morgan fingerprint density at radius 2 is 1.59 bits per heavy atom. The van der Waals surface area contributed by atoms with E-state index in [2.05, 4.69) is 4.98 Å². The minimum atomic E-state index is -4.79. The molecule has 5 rings (SSSR count). The highest BCUT2D eigenvalue weighted by Crippen LogP contribution is 2.40. The number of hydrogen-bond acceptors (Lipinski definition) is 4. The minimum Gasteiger partial charge on any atom is -0.336 e. The highest BCUT2D eigenvalue weighted by Gasteiger charge is 2.40. The Morgan fingerprint density at radius 3 is 2.26 bits per heavy atom. The van der Waals surface area contributed by atoms with Gasteiger partial charge in [0.1, 0.15) is 0 Å². The topological polar surface area (TPSA) is 70.6 Å². The van der Waals surface area contributed by atoms with Crippen LogP contribution in [-0.2, 0) is 16.2 Å². The van der Waals surface area contributed by atoms with Crippen molar-refractivity contribution in [3.8, 4) is 0 Å². The molecule has 10 heteroatoms. The molecule has 1 aliphatic carbocycles. The highest BCUT2D eigenvalue weighted by atomic mass is 32.2. The van der Waals surface area contributed by atoms with Gasteiger partial charge in [0.05, 0.1) is 21.5 Å². The molecule has 0 bridgehead atoms. The first-order chi connectivity index (χ1) is 16.2. The number of carbonyl (C=O) groups excluding carboxylic acids is 1. The molecule has 1 aromatic heterocycles. The molecular formula is C24H22F3N3O3S. The van der Waals surface area contributed by atoms with Crippen molar-refractivity contribution in [2.24, 2.45) is 0 Å². The second kappa shape index (κ2) is 8.35. The highest BCUT2D eigenvalue weighted by molar-refractivity contribution is 7.89. The van der Waals surface area contributed by atoms with Crippen molar-refractivity contribution in [3.63, 3.8) is 0 Å². The van der Waals surface area contributed by atoms with E-state index >= 15 is 0 Å². The number of sulfonamides is 1. The Labute approximate surface area is 195 Å². The number of alkyl halides is 3. The lowest BCUT2D eigenvalue weighted by atomic mass is 10.0. The molecule has 0 spiro atoms. The van der Waals surface area contributed by atoms with Gasteiger partial charge in [0.25, 0.3) is 5.91 Å². The predicted octanol–water partition coefficient (Wildman–Crippen LogP) is 4.28. The first-order valence-corrected chi connectivity index (χ1v) is 12.5. The van der Waals surface area contributed by atoms with E-state index in [1.807, 2.05) is 30.3 Å². The number of hydrogen-bond donors (Lipinski definition) is 0. The Balaban J connectivity index is 1.38. The summed E-state index contributed by atoms with van der Waals surface area (Å²) in [7, 11) is -4.37. The lowest BCUT2D eigenvalue weighted by Crippen LogP contribution is -2.50. The molecule has 1 saturated heterocycles. The van der Waals surface area contributed by atoms with Gasteiger partial charge in [0, 0.05) is 43.2 Å². The first kappa shape index (κ1) is 22.8. The summed E-state index contributed by atoms with van der Waals surface area (Å²) < 4.78 is 67.2. The van der Waals surface area contributed by atoms with Crippen LogP contribution in [0.4, 0.5) is 13.2 Å². The molecule has 0 radical (unpaired) electrons. The second-order valence-electron chi connectivity index (χ2n) is 8.58. The van der Waals surface area contributed by atoms with Crippen LogP contribution in [0.2, 0.25) is 0 Å². The summed E-state index contributed by atoms with van der Waals surface area (Å²) in [6, 6.07) is 13.4. The smallest absolute Gasteiger partial charge is 0.336 e. The summed E-state index contributed by atoms with van der Waals surface area (Å²) in [6.45, 7) is 0.000839. The fourth-order valence-electron chi connectivity index (χ4n) is 4.33. The van der Waals surface area contributed by atoms with Gasteiger partial charge in [-0.25, -0.2) is 8.42 Å². The van der Waals surface area contributed by atoms with E-state index in [9.17, 15) is 26.4 Å². The molecule has 1 aliphatic heterocycles. The summed E-state index contributed by atoms with van der Waals surface area (Å²) in [5, 5.41) is 0.728. The number of amides is 1. The summed E-state index contributed by atoms with van der Waals surface area (Å²) in [5.41, 5.74) is 0.947. The van der Waals surface area contributed by atoms with Gasteiger partial charge in [0.2, 0.25) is 10.0 Å². The van der Waals surface area contributed by atoms with Gasteiger partial charge < -0.3 is 4.90 Å². The van der Waals surface area contributed by atoms with E-state index in [1.165, 1.54) is 6.07 Å². The number of fused-ring (bicyclic) bond motifs is 1. The van der Waals surface area contributed by atoms with Gasteiger partial charge in [-0.3, -0.25) is 9.78 Å². The van der Waals surface area contributed by atoms with Crippen molar-refractivity contribution >= 4 is 26.8 Å². The van der Waals surface area contributed by atoms with E-state index in [1.54, 1.807) is 4.90 Å². The molecule has 1 saturated carbocycles. The Kier molecular flexibility index (Phi) is 5.60. The van der Waals surface area contributed by atoms with Crippen molar-refractivity contribution in [1.82, 2.24) is 14.2 Å². The van der Waals surface area contributed by atoms with E-state index in [4.69, 9.17) is 0 Å². The molecule has 178 valence electrons. The molecule has 3 aromatic rings. The molecule has 2 aromatic carbocycles. The lowest BCUT2D eigenvalue weighted by molar-refractivity contribution is -0.139. The van der Waals surface area contributed by atoms with Crippen LogP contribution in [0.25, 0.3) is 10.9 Å². The zero-order valence-corrected chi connectivity index (χ0v) is 18.9. The molecule has 2 aliphatic rings. The second-order valence-corrected chi connectivity index (χ2v) is 10.5. The number of aromatic nitrogens is 1. The maximum absolute atomic E-state index is 13.4. The predicted molar refractivity (Wildman–Crippen MR) is 120 cm³/mol. The Morgan fingerprint density at radius 1 is 0.941 bits per heavy atom. The summed E-state index contributed by atoms with van der Waals surface area (Å²) >= 11 is 0. The maximum atomic E-state index is 13.4. The average molecular weight is 490 g/mol. The zero-order valence-electron chi connectivity index (χ0n) is 18.1. The SMILES string of the molecule is O=C(c1cc(C2CC2)nc2ccccc12)N1CCN(S(=O)(=O)c2ccccc2C(F)(F)F)CC1. The van der Waals surface area contributed by atoms with Crippen LogP contribution in [0, 0.1) is 0 Å². The minimum absolute atomic E-state index is 0.0846. The normalized spacial score (nSPS) is 17.8. The largest absolute Gasteiger partial charge is 0.417 e. The summed E-state index contributed by atoms with van der Waals surface area (Å²) in [6.07, 6.45) is -2.72. The van der Waals surface area contributed by atoms with Crippen molar-refractivity contribution < 1.29 is 26.4 Å². The average Bonchev–Trinajstić information content (AvgIpc) is 3.68. The summed E-state index contributed by atoms with van der Waals surface area (Å²) in [5.74, 6) is 0.125. The standard InChI is InChI=1S/C24H22F3N3O3S/c25-24(26,27)19-6-2-4-8-22(19)34(32,33)30-13-11-29(12-14-30)23(31)18-15-21(16-9-10-16)28-20-7-3-1-5-17(18)20/h1-8,15-16H,9-14H2. The van der Waals surface area contributed by atoms with Crippen LogP contribution in [0.1, 0.15) is 40.4 Å². The molecule has 2 heterocycles. The number of nitrogens with zero attached hydrogens (tertiary/aromatic N) is 3. The van der Waals surface area contributed by atoms with E-state index in [0.717, 1.165) is 51.9 Å². The quantitative estimate of drug-likeness (QED) is 0.549. The van der Waals surface area contributed by atoms with Crippen molar-refractivity contribution in [2.75, 3.05) is 26.2 Å². The fraction of sp³-hybridized carbons (Fsp3) is 0.333. The number of carbonyl (C=O) groups is 1. The molecule has 1 amide bonds. The van der Waals surface area contributed by atoms with Gasteiger partial charge in [-0.15, -0.1) is 0 Å². The number of para-hydroxylation sites is 1. The molecule has 0 N–H and O–H groups in total. The van der Waals surface area contributed by atoms with E-state index in [0.29, 0.717) is 11.5 Å². The van der Waals surface area contributed by atoms with Crippen LogP contribution in [0.15, 0.2) is 59.5 Å². The third-order valence-electron chi connectivity index (χ3n) is 6.30. The number of piperazine rings is 1. The van der Waals surface area contributed by atoms with Crippen LogP contribution in [0.5, 0.6) is 0 Å². The maximum Gasteiger partial charge on any atom is 0.417 e. The van der Waals surface area contributed by atoms with Crippen LogP contribution < -0.4 is 0 Å². The van der Waals surface area contributed by atoms with Gasteiger partial charge in [-0.05, 0) is 37.1 Å². The van der Waals surface area contributed by atoms with E-state index < -0.39 is 26.7 Å². The van der Waals surface area contributed by atoms with Gasteiger partial charge in [0.15, 0.2) is 0 Å². The molecule has 34 heavy (non-hydrogen) atoms. The number of halogens is 3. The van der Waals surface area contributed by atoms with Crippen LogP contribution in [-0.4, -0.2) is 54.7 Å². The number of rotatable bonds is 4. The number of pyridine rings is 1. The summed E-state index contributed by atoms with van der Waals surface area (Å²) in [4.78, 5) is 18.9. The Hall–Kier alpha value is -2.98. The van der Waals surface area contributed by atoms with Gasteiger partial charge >= 0.3 is 6.18 Å². The third-order valence-corrected chi connectivity index (χ3v) is 8.25. The van der Waals surface area contributed by atoms with Gasteiger partial charge in [-0.2, -0.15) is 17.5 Å². The zero-order chi connectivity index (χ0) is 24.1. The monoisotopic (exact) mass is 489 g/mol. The van der Waals surface area contributed by atoms with Crippen molar-refractivity contribution in [1.29, 1.82) is 0 Å². The number of benzene rings is 2. The lowest BCUT2D eigenvalue weighted by Gasteiger charge is -2.34. The van der Waals surface area contributed by atoms with Crippen LogP contribution >= 0.6 is 0 Å². The molecule has 0 unspecified atom stereocenters. The molecular weight excluding hydrogens is 467 g/mol. The first-order valence-electron chi connectivity index (χ1n) is 11.0. The fourth-order valence-corrected chi connectivity index (χ4v) is 5.96. The molecule has 2 fully saturated rings.